The Morgan fingerprint density at radius 3 is 3.00 bits per heavy atom. The van der Waals surface area contributed by atoms with Crippen LogP contribution in [0.4, 0.5) is 4.39 Å². The Morgan fingerprint density at radius 1 is 1.42 bits per heavy atom. The first-order chi connectivity index (χ1) is 9.20. The summed E-state index contributed by atoms with van der Waals surface area (Å²) < 4.78 is 23.7. The number of methoxy groups -OCH3 is 1. The van der Waals surface area contributed by atoms with E-state index in [1.54, 1.807) is 6.07 Å². The van der Waals surface area contributed by atoms with Gasteiger partial charge in [0.25, 0.3) is 0 Å². The zero-order valence-electron chi connectivity index (χ0n) is 11.0. The summed E-state index contributed by atoms with van der Waals surface area (Å²) in [6.45, 7) is 3.96. The Hall–Kier alpha value is -1.46. The average Bonchev–Trinajstić information content (AvgIpc) is 2.67. The monoisotopic (exact) mass is 267 g/mol. The Morgan fingerprint density at radius 2 is 2.26 bits per heavy atom. The highest BCUT2D eigenvalue weighted by Crippen LogP contribution is 2.14. The second-order valence-electron chi connectivity index (χ2n) is 4.55. The van der Waals surface area contributed by atoms with Gasteiger partial charge in [0, 0.05) is 26.2 Å². The topological polar surface area (TPSA) is 38.8 Å². The molecule has 0 radical (unpaired) electrons. The predicted molar refractivity (Wildman–Crippen MR) is 68.5 cm³/mol. The number of esters is 1. The lowest BCUT2D eigenvalue weighted by atomic mass is 10.1. The van der Waals surface area contributed by atoms with Gasteiger partial charge in [0.2, 0.25) is 0 Å². The number of nitrogens with zero attached hydrogens (tertiary/aromatic N) is 1. The van der Waals surface area contributed by atoms with Gasteiger partial charge in [-0.2, -0.15) is 0 Å². The van der Waals surface area contributed by atoms with E-state index in [4.69, 9.17) is 4.74 Å². The van der Waals surface area contributed by atoms with Crippen LogP contribution in [0.25, 0.3) is 0 Å². The van der Waals surface area contributed by atoms with Crippen LogP contribution in [-0.4, -0.2) is 44.3 Å². The van der Waals surface area contributed by atoms with Gasteiger partial charge in [0.05, 0.1) is 19.3 Å². The summed E-state index contributed by atoms with van der Waals surface area (Å²) in [5.41, 5.74) is 0.831. The van der Waals surface area contributed by atoms with Crippen LogP contribution in [0.15, 0.2) is 18.2 Å². The van der Waals surface area contributed by atoms with Crippen molar-refractivity contribution in [2.24, 2.45) is 0 Å². The highest BCUT2D eigenvalue weighted by atomic mass is 19.1. The molecule has 1 aliphatic rings. The fourth-order valence-corrected chi connectivity index (χ4v) is 2.15. The molecule has 0 N–H and O–H groups in total. The van der Waals surface area contributed by atoms with Crippen molar-refractivity contribution in [1.82, 2.24) is 4.90 Å². The fourth-order valence-electron chi connectivity index (χ4n) is 2.15. The third-order valence-corrected chi connectivity index (χ3v) is 3.16. The lowest BCUT2D eigenvalue weighted by molar-refractivity contribution is 0.0595. The van der Waals surface area contributed by atoms with Crippen molar-refractivity contribution in [1.29, 1.82) is 0 Å². The van der Waals surface area contributed by atoms with Gasteiger partial charge in [-0.25, -0.2) is 9.18 Å². The molecular weight excluding hydrogens is 249 g/mol. The van der Waals surface area contributed by atoms with Gasteiger partial charge in [-0.05, 0) is 24.1 Å². The molecule has 4 nitrogen and oxygen atoms in total. The maximum atomic E-state index is 13.8. The van der Waals surface area contributed by atoms with Crippen molar-refractivity contribution >= 4 is 5.97 Å². The molecule has 0 unspecified atom stereocenters. The summed E-state index contributed by atoms with van der Waals surface area (Å²) >= 11 is 0. The molecule has 1 aliphatic heterocycles. The van der Waals surface area contributed by atoms with Crippen LogP contribution >= 0.6 is 0 Å². The Bertz CT molecular complexity index is 442. The number of ether oxygens (including phenoxy) is 2. The highest BCUT2D eigenvalue weighted by molar-refractivity contribution is 5.89. The van der Waals surface area contributed by atoms with Gasteiger partial charge in [-0.1, -0.05) is 6.07 Å². The largest absolute Gasteiger partial charge is 0.465 e. The molecule has 0 bridgehead atoms. The van der Waals surface area contributed by atoms with Crippen molar-refractivity contribution in [3.8, 4) is 0 Å². The second-order valence-corrected chi connectivity index (χ2v) is 4.55. The van der Waals surface area contributed by atoms with Gasteiger partial charge >= 0.3 is 5.97 Å². The smallest absolute Gasteiger partial charge is 0.340 e. The Labute approximate surface area is 112 Å². The standard InChI is InChI=1S/C14H18FNO3/c1-18-14(17)12-4-3-11(9-13(12)15)10-16-5-2-7-19-8-6-16/h3-4,9H,2,5-8,10H2,1H3. The quantitative estimate of drug-likeness (QED) is 0.783. The first-order valence-corrected chi connectivity index (χ1v) is 6.37. The number of benzene rings is 1. The van der Waals surface area contributed by atoms with E-state index >= 15 is 0 Å². The van der Waals surface area contributed by atoms with E-state index in [2.05, 4.69) is 9.64 Å². The maximum Gasteiger partial charge on any atom is 0.340 e. The van der Waals surface area contributed by atoms with Gasteiger partial charge in [-0.15, -0.1) is 0 Å². The molecule has 1 fully saturated rings. The van der Waals surface area contributed by atoms with Crippen molar-refractivity contribution in [3.05, 3.63) is 35.1 Å². The van der Waals surface area contributed by atoms with Crippen molar-refractivity contribution in [2.45, 2.75) is 13.0 Å². The van der Waals surface area contributed by atoms with E-state index in [0.29, 0.717) is 13.2 Å². The van der Waals surface area contributed by atoms with E-state index in [9.17, 15) is 9.18 Å². The zero-order chi connectivity index (χ0) is 13.7. The number of halogens is 1. The van der Waals surface area contributed by atoms with E-state index in [1.807, 2.05) is 0 Å². The molecule has 1 aromatic carbocycles. The van der Waals surface area contributed by atoms with E-state index in [0.717, 1.165) is 31.7 Å². The molecule has 2 rings (SSSR count). The molecular formula is C14H18FNO3. The molecule has 1 heterocycles. The number of carbonyl (C=O) groups excluding carboxylic acids is 1. The van der Waals surface area contributed by atoms with Crippen LogP contribution in [0.1, 0.15) is 22.3 Å². The fraction of sp³-hybridized carbons (Fsp3) is 0.500. The molecule has 104 valence electrons. The van der Waals surface area contributed by atoms with Gasteiger partial charge in [0.15, 0.2) is 0 Å². The van der Waals surface area contributed by atoms with Crippen molar-refractivity contribution in [3.63, 3.8) is 0 Å². The summed E-state index contributed by atoms with van der Waals surface area (Å²) in [7, 11) is 1.24. The second kappa shape index (κ2) is 6.63. The molecule has 19 heavy (non-hydrogen) atoms. The van der Waals surface area contributed by atoms with Crippen LogP contribution in [0.3, 0.4) is 0 Å². The minimum atomic E-state index is -0.646. The van der Waals surface area contributed by atoms with E-state index in [-0.39, 0.29) is 5.56 Å². The van der Waals surface area contributed by atoms with Crippen molar-refractivity contribution in [2.75, 3.05) is 33.4 Å². The van der Waals surface area contributed by atoms with Crippen LogP contribution in [0.5, 0.6) is 0 Å². The van der Waals surface area contributed by atoms with Crippen molar-refractivity contribution < 1.29 is 18.7 Å². The summed E-state index contributed by atoms with van der Waals surface area (Å²) in [6.07, 6.45) is 0.989. The molecule has 5 heteroatoms. The number of carbonyl (C=O) groups is 1. The summed E-state index contributed by atoms with van der Waals surface area (Å²) in [6, 6.07) is 4.64. The minimum absolute atomic E-state index is 0.0227. The normalized spacial score (nSPS) is 16.9. The van der Waals surface area contributed by atoms with Gasteiger partial charge in [-0.3, -0.25) is 4.90 Å². The first kappa shape index (κ1) is 14.0. The first-order valence-electron chi connectivity index (χ1n) is 6.37. The van der Waals surface area contributed by atoms with E-state index in [1.165, 1.54) is 19.2 Å². The predicted octanol–water partition coefficient (Wildman–Crippen LogP) is 1.83. The molecule has 0 aromatic heterocycles. The summed E-state index contributed by atoms with van der Waals surface area (Å²) in [5.74, 6) is -1.18. The number of hydrogen-bond donors (Lipinski definition) is 0. The van der Waals surface area contributed by atoms with Crippen LogP contribution < -0.4 is 0 Å². The Balaban J connectivity index is 2.04. The molecule has 0 atom stereocenters. The van der Waals surface area contributed by atoms with Crippen LogP contribution in [0, 0.1) is 5.82 Å². The lowest BCUT2D eigenvalue weighted by Crippen LogP contribution is -2.25. The molecule has 1 saturated heterocycles. The average molecular weight is 267 g/mol. The van der Waals surface area contributed by atoms with Crippen LogP contribution in [-0.2, 0) is 16.0 Å². The molecule has 0 spiro atoms. The van der Waals surface area contributed by atoms with Crippen LogP contribution in [0.2, 0.25) is 0 Å². The maximum absolute atomic E-state index is 13.8. The highest BCUT2D eigenvalue weighted by Gasteiger charge is 2.14. The molecule has 0 saturated carbocycles. The number of rotatable bonds is 3. The molecule has 0 amide bonds. The summed E-state index contributed by atoms with van der Waals surface area (Å²) in [5, 5.41) is 0. The molecule has 1 aromatic rings. The minimum Gasteiger partial charge on any atom is -0.465 e. The number of hydrogen-bond acceptors (Lipinski definition) is 4. The molecule has 0 aliphatic carbocycles. The van der Waals surface area contributed by atoms with E-state index < -0.39 is 11.8 Å². The Kier molecular flexibility index (Phi) is 4.87. The lowest BCUT2D eigenvalue weighted by Gasteiger charge is -2.19. The zero-order valence-corrected chi connectivity index (χ0v) is 11.0. The third kappa shape index (κ3) is 3.75. The summed E-state index contributed by atoms with van der Waals surface area (Å²) in [4.78, 5) is 13.5. The SMILES string of the molecule is COC(=O)c1ccc(CN2CCCOCC2)cc1F. The third-order valence-electron chi connectivity index (χ3n) is 3.16. The van der Waals surface area contributed by atoms with Gasteiger partial charge in [0.1, 0.15) is 5.82 Å². The van der Waals surface area contributed by atoms with Gasteiger partial charge < -0.3 is 9.47 Å².